The molecule has 0 spiro atoms. The number of thioether (sulfide) groups is 1. The third-order valence-electron chi connectivity index (χ3n) is 5.34. The molecule has 3 unspecified atom stereocenters. The number of rotatable bonds is 4. The summed E-state index contributed by atoms with van der Waals surface area (Å²) in [6.07, 6.45) is 9.04. The average molecular weight is 270 g/mol. The maximum Gasteiger partial charge on any atom is 0.0304 e. The zero-order valence-corrected chi connectivity index (χ0v) is 13.4. The Morgan fingerprint density at radius 3 is 2.56 bits per heavy atom. The second-order valence-corrected chi connectivity index (χ2v) is 7.35. The first-order valence-corrected chi connectivity index (χ1v) is 8.96. The van der Waals surface area contributed by atoms with E-state index < -0.39 is 0 Å². The molecule has 3 atom stereocenters. The smallest absolute Gasteiger partial charge is 0.0304 e. The minimum atomic E-state index is 0.379. The van der Waals surface area contributed by atoms with Crippen LogP contribution in [0.1, 0.15) is 52.9 Å². The second kappa shape index (κ2) is 6.15. The van der Waals surface area contributed by atoms with Gasteiger partial charge in [-0.2, -0.15) is 11.8 Å². The van der Waals surface area contributed by atoms with Gasteiger partial charge in [0.1, 0.15) is 0 Å². The molecule has 1 heterocycles. The molecule has 1 N–H and O–H groups in total. The molecule has 1 aliphatic heterocycles. The van der Waals surface area contributed by atoms with Crippen LogP contribution in [0.3, 0.4) is 0 Å². The zero-order chi connectivity index (χ0) is 13.2. The Morgan fingerprint density at radius 1 is 1.28 bits per heavy atom. The zero-order valence-electron chi connectivity index (χ0n) is 12.5. The Morgan fingerprint density at radius 2 is 2.00 bits per heavy atom. The van der Waals surface area contributed by atoms with Crippen LogP contribution >= 0.6 is 11.8 Å². The molecule has 2 fully saturated rings. The van der Waals surface area contributed by atoms with Crippen LogP contribution < -0.4 is 5.32 Å². The summed E-state index contributed by atoms with van der Waals surface area (Å²) < 4.78 is 0. The summed E-state index contributed by atoms with van der Waals surface area (Å²) in [5.74, 6) is 0. The summed E-state index contributed by atoms with van der Waals surface area (Å²) in [5, 5.41) is 4.73. The Balaban J connectivity index is 2.02. The van der Waals surface area contributed by atoms with Gasteiger partial charge < -0.3 is 5.32 Å². The molecule has 3 heteroatoms. The predicted molar refractivity (Wildman–Crippen MR) is 82.4 cm³/mol. The lowest BCUT2D eigenvalue weighted by atomic mass is 9.88. The monoisotopic (exact) mass is 270 g/mol. The lowest BCUT2D eigenvalue weighted by Gasteiger charge is -2.49. The van der Waals surface area contributed by atoms with Crippen molar-refractivity contribution in [2.24, 2.45) is 0 Å². The van der Waals surface area contributed by atoms with Crippen molar-refractivity contribution in [1.82, 2.24) is 10.2 Å². The van der Waals surface area contributed by atoms with E-state index in [1.54, 1.807) is 0 Å². The maximum absolute atomic E-state index is 3.81. The van der Waals surface area contributed by atoms with Gasteiger partial charge in [0.25, 0.3) is 0 Å². The number of piperazine rings is 1. The van der Waals surface area contributed by atoms with E-state index in [4.69, 9.17) is 0 Å². The van der Waals surface area contributed by atoms with Crippen LogP contribution in [0.5, 0.6) is 0 Å². The van der Waals surface area contributed by atoms with E-state index in [1.165, 1.54) is 45.2 Å². The normalized spacial score (nSPS) is 37.0. The summed E-state index contributed by atoms with van der Waals surface area (Å²) in [6.45, 7) is 9.50. The highest BCUT2D eigenvalue weighted by atomic mass is 32.2. The molecule has 0 radical (unpaired) electrons. The third-order valence-corrected chi connectivity index (χ3v) is 6.43. The van der Waals surface area contributed by atoms with E-state index in [2.05, 4.69) is 49.0 Å². The third kappa shape index (κ3) is 2.88. The number of nitrogens with one attached hydrogen (secondary N) is 1. The van der Waals surface area contributed by atoms with Gasteiger partial charge >= 0.3 is 0 Å². The number of nitrogens with zero attached hydrogens (tertiary/aromatic N) is 1. The Kier molecular flexibility index (Phi) is 5.01. The predicted octanol–water partition coefficient (Wildman–Crippen LogP) is 3.12. The highest BCUT2D eigenvalue weighted by molar-refractivity contribution is 7.99. The summed E-state index contributed by atoms with van der Waals surface area (Å²) >= 11 is 2.07. The average Bonchev–Trinajstić information content (AvgIpc) is 2.88. The topological polar surface area (TPSA) is 15.3 Å². The summed E-state index contributed by atoms with van der Waals surface area (Å²) in [7, 11) is 0. The standard InChI is InChI=1S/C15H30N2S/c1-5-15(6-2)11-17(12(3)10-16-15)13-7-8-14(9-13)18-4/h12-14,16H,5-11H2,1-4H3. The first-order chi connectivity index (χ1) is 8.64. The van der Waals surface area contributed by atoms with Gasteiger partial charge in [-0.1, -0.05) is 13.8 Å². The van der Waals surface area contributed by atoms with Crippen molar-refractivity contribution in [2.45, 2.75) is 75.7 Å². The van der Waals surface area contributed by atoms with Gasteiger partial charge in [0.15, 0.2) is 0 Å². The number of hydrogen-bond donors (Lipinski definition) is 1. The molecule has 1 saturated heterocycles. The van der Waals surface area contributed by atoms with Crippen molar-refractivity contribution in [3.63, 3.8) is 0 Å². The highest BCUT2D eigenvalue weighted by Gasteiger charge is 2.40. The molecule has 0 aromatic heterocycles. The van der Waals surface area contributed by atoms with Crippen LogP contribution in [0.15, 0.2) is 0 Å². The molecule has 0 aromatic rings. The fourth-order valence-corrected chi connectivity index (χ4v) is 4.47. The highest BCUT2D eigenvalue weighted by Crippen LogP contribution is 2.35. The van der Waals surface area contributed by atoms with Gasteiger partial charge in [0.05, 0.1) is 0 Å². The minimum Gasteiger partial charge on any atom is -0.308 e. The Labute approximate surface area is 117 Å². The van der Waals surface area contributed by atoms with Crippen LogP contribution in [0.25, 0.3) is 0 Å². The molecular weight excluding hydrogens is 240 g/mol. The van der Waals surface area contributed by atoms with Crippen molar-refractivity contribution < 1.29 is 0 Å². The van der Waals surface area contributed by atoms with Crippen molar-refractivity contribution >= 4 is 11.8 Å². The Bertz CT molecular complexity index is 265. The first kappa shape index (κ1) is 14.7. The van der Waals surface area contributed by atoms with Crippen molar-refractivity contribution in [1.29, 1.82) is 0 Å². The van der Waals surface area contributed by atoms with Crippen LogP contribution in [0.4, 0.5) is 0 Å². The molecule has 1 saturated carbocycles. The molecule has 2 rings (SSSR count). The molecule has 0 bridgehead atoms. The maximum atomic E-state index is 3.81. The van der Waals surface area contributed by atoms with E-state index in [0.29, 0.717) is 11.6 Å². The van der Waals surface area contributed by atoms with Gasteiger partial charge in [0, 0.05) is 36.0 Å². The molecule has 0 aromatic carbocycles. The van der Waals surface area contributed by atoms with Crippen molar-refractivity contribution in [3.05, 3.63) is 0 Å². The lowest BCUT2D eigenvalue weighted by molar-refractivity contribution is 0.0463. The van der Waals surface area contributed by atoms with E-state index in [1.807, 2.05) is 0 Å². The summed E-state index contributed by atoms with van der Waals surface area (Å²) in [6, 6.07) is 1.55. The molecule has 1 aliphatic carbocycles. The van der Waals surface area contributed by atoms with Crippen LogP contribution in [-0.4, -0.2) is 47.1 Å². The van der Waals surface area contributed by atoms with Gasteiger partial charge in [0.2, 0.25) is 0 Å². The molecule has 2 nitrogen and oxygen atoms in total. The molecule has 18 heavy (non-hydrogen) atoms. The minimum absolute atomic E-state index is 0.379. The van der Waals surface area contributed by atoms with Gasteiger partial charge in [-0.15, -0.1) is 0 Å². The molecule has 106 valence electrons. The van der Waals surface area contributed by atoms with E-state index >= 15 is 0 Å². The number of hydrogen-bond acceptors (Lipinski definition) is 3. The second-order valence-electron chi connectivity index (χ2n) is 6.21. The van der Waals surface area contributed by atoms with Gasteiger partial charge in [-0.3, -0.25) is 4.90 Å². The van der Waals surface area contributed by atoms with Crippen LogP contribution in [0, 0.1) is 0 Å². The Hall–Kier alpha value is 0.270. The lowest BCUT2D eigenvalue weighted by Crippen LogP contribution is -2.64. The molecular formula is C15H30N2S. The fourth-order valence-electron chi connectivity index (χ4n) is 3.69. The SMILES string of the molecule is CCC1(CC)CN(C2CCC(SC)C2)C(C)CN1. The first-order valence-electron chi connectivity index (χ1n) is 7.67. The fraction of sp³-hybridized carbons (Fsp3) is 1.00. The largest absolute Gasteiger partial charge is 0.308 e. The molecule has 0 amide bonds. The summed E-state index contributed by atoms with van der Waals surface area (Å²) in [5.41, 5.74) is 0.379. The van der Waals surface area contributed by atoms with Crippen molar-refractivity contribution in [2.75, 3.05) is 19.3 Å². The molecule has 2 aliphatic rings. The van der Waals surface area contributed by atoms with Crippen molar-refractivity contribution in [3.8, 4) is 0 Å². The van der Waals surface area contributed by atoms with Gasteiger partial charge in [-0.05, 0) is 45.3 Å². The van der Waals surface area contributed by atoms with E-state index in [0.717, 1.165) is 11.3 Å². The van der Waals surface area contributed by atoms with E-state index in [9.17, 15) is 0 Å². The van der Waals surface area contributed by atoms with Crippen LogP contribution in [-0.2, 0) is 0 Å². The van der Waals surface area contributed by atoms with Crippen LogP contribution in [0.2, 0.25) is 0 Å². The summed E-state index contributed by atoms with van der Waals surface area (Å²) in [4.78, 5) is 2.82. The van der Waals surface area contributed by atoms with Gasteiger partial charge in [-0.25, -0.2) is 0 Å². The quantitative estimate of drug-likeness (QED) is 0.845. The van der Waals surface area contributed by atoms with E-state index in [-0.39, 0.29) is 0 Å².